The number of aromatic nitrogens is 3. The van der Waals surface area contributed by atoms with Crippen LogP contribution in [0.4, 0.5) is 5.69 Å². The van der Waals surface area contributed by atoms with E-state index in [4.69, 9.17) is 0 Å². The molecule has 0 spiro atoms. The third-order valence-corrected chi connectivity index (χ3v) is 5.55. The topological polar surface area (TPSA) is 59.3 Å². The number of nitrogens with one attached hydrogen (secondary N) is 1. The van der Waals surface area contributed by atoms with Crippen LogP contribution in [-0.4, -0.2) is 20.5 Å². The zero-order chi connectivity index (χ0) is 19.5. The monoisotopic (exact) mass is 388 g/mol. The van der Waals surface area contributed by atoms with Gasteiger partial charge < -0.3 is 5.32 Å². The molecule has 2 aromatic heterocycles. The number of amides is 1. The maximum atomic E-state index is 13.2. The Morgan fingerprint density at radius 2 is 1.68 bits per heavy atom. The third kappa shape index (κ3) is 3.92. The molecule has 0 radical (unpaired) electrons. The molecule has 4 aromatic rings. The van der Waals surface area contributed by atoms with Gasteiger partial charge in [-0.3, -0.25) is 9.20 Å². The molecule has 140 valence electrons. The summed E-state index contributed by atoms with van der Waals surface area (Å²) in [6.45, 7) is 4.04. The van der Waals surface area contributed by atoms with Crippen LogP contribution in [0.3, 0.4) is 0 Å². The number of aryl methyl sites for hydroxylation is 2. The fourth-order valence-electron chi connectivity index (χ4n) is 3.16. The summed E-state index contributed by atoms with van der Waals surface area (Å²) in [5.74, 6) is -0.0890. The lowest BCUT2D eigenvalue weighted by Gasteiger charge is -2.16. The summed E-state index contributed by atoms with van der Waals surface area (Å²) < 4.78 is 1.89. The molecule has 2 heterocycles. The Kier molecular flexibility index (Phi) is 5.12. The number of benzene rings is 2. The Hall–Kier alpha value is -3.12. The highest BCUT2D eigenvalue weighted by Gasteiger charge is 2.24. The second-order valence-corrected chi connectivity index (χ2v) is 7.76. The summed E-state index contributed by atoms with van der Waals surface area (Å²) in [7, 11) is 0. The molecule has 0 saturated heterocycles. The molecule has 0 unspecified atom stereocenters. The second-order valence-electron chi connectivity index (χ2n) is 6.69. The lowest BCUT2D eigenvalue weighted by Crippen LogP contribution is -2.19. The van der Waals surface area contributed by atoms with E-state index in [-0.39, 0.29) is 5.91 Å². The highest BCUT2D eigenvalue weighted by atomic mass is 32.2. The largest absolute Gasteiger partial charge is 0.325 e. The van der Waals surface area contributed by atoms with Crippen molar-refractivity contribution in [1.29, 1.82) is 0 Å². The third-order valence-electron chi connectivity index (χ3n) is 4.34. The van der Waals surface area contributed by atoms with Gasteiger partial charge in [-0.15, -0.1) is 10.2 Å². The molecular formula is C22H20N4OS. The van der Waals surface area contributed by atoms with Gasteiger partial charge in [0, 0.05) is 11.9 Å². The van der Waals surface area contributed by atoms with Crippen molar-refractivity contribution in [1.82, 2.24) is 14.6 Å². The number of nitrogens with zero attached hydrogens (tertiary/aromatic N) is 3. The van der Waals surface area contributed by atoms with E-state index in [0.29, 0.717) is 5.16 Å². The van der Waals surface area contributed by atoms with Crippen LogP contribution in [0.1, 0.15) is 21.9 Å². The van der Waals surface area contributed by atoms with Crippen molar-refractivity contribution in [3.05, 3.63) is 89.6 Å². The molecule has 6 heteroatoms. The van der Waals surface area contributed by atoms with Gasteiger partial charge in [0.05, 0.1) is 0 Å². The SMILES string of the molecule is Cc1cc(C)cc(NC(=O)[C@@H](Sc2nnc3ccccn23)c2ccccc2)c1. The first-order valence-corrected chi connectivity index (χ1v) is 9.88. The molecule has 0 aliphatic heterocycles. The van der Waals surface area contributed by atoms with Gasteiger partial charge in [-0.25, -0.2) is 0 Å². The Labute approximate surface area is 167 Å². The lowest BCUT2D eigenvalue weighted by molar-refractivity contribution is -0.115. The normalized spacial score (nSPS) is 12.1. The van der Waals surface area contributed by atoms with Crippen LogP contribution >= 0.6 is 11.8 Å². The molecule has 1 N–H and O–H groups in total. The van der Waals surface area contributed by atoms with Crippen molar-refractivity contribution < 1.29 is 4.79 Å². The maximum Gasteiger partial charge on any atom is 0.242 e. The van der Waals surface area contributed by atoms with E-state index in [1.54, 1.807) is 0 Å². The molecule has 0 aliphatic rings. The fourth-order valence-corrected chi connectivity index (χ4v) is 4.19. The summed E-state index contributed by atoms with van der Waals surface area (Å²) in [5.41, 5.74) is 4.70. The van der Waals surface area contributed by atoms with E-state index in [0.717, 1.165) is 28.0 Å². The van der Waals surface area contributed by atoms with Crippen LogP contribution in [-0.2, 0) is 4.79 Å². The van der Waals surface area contributed by atoms with Crippen molar-refractivity contribution in [2.45, 2.75) is 24.3 Å². The first kappa shape index (κ1) is 18.3. The van der Waals surface area contributed by atoms with Crippen molar-refractivity contribution in [2.24, 2.45) is 0 Å². The van der Waals surface area contributed by atoms with E-state index in [2.05, 4.69) is 21.6 Å². The molecular weight excluding hydrogens is 368 g/mol. The van der Waals surface area contributed by atoms with E-state index in [9.17, 15) is 4.79 Å². The number of carbonyl (C=O) groups excluding carboxylic acids is 1. The van der Waals surface area contributed by atoms with E-state index in [1.165, 1.54) is 11.8 Å². The average Bonchev–Trinajstić information content (AvgIpc) is 3.09. The van der Waals surface area contributed by atoms with E-state index < -0.39 is 5.25 Å². The van der Waals surface area contributed by atoms with Crippen LogP contribution < -0.4 is 5.32 Å². The predicted octanol–water partition coefficient (Wildman–Crippen LogP) is 4.82. The highest BCUT2D eigenvalue weighted by Crippen LogP contribution is 2.35. The van der Waals surface area contributed by atoms with Gasteiger partial charge in [-0.1, -0.05) is 54.2 Å². The molecule has 0 bridgehead atoms. The van der Waals surface area contributed by atoms with Gasteiger partial charge in [0.25, 0.3) is 0 Å². The van der Waals surface area contributed by atoms with Crippen LogP contribution in [0.2, 0.25) is 0 Å². The van der Waals surface area contributed by atoms with Crippen LogP contribution in [0.15, 0.2) is 78.1 Å². The van der Waals surface area contributed by atoms with E-state index in [1.807, 2.05) is 85.1 Å². The first-order valence-electron chi connectivity index (χ1n) is 9.01. The van der Waals surface area contributed by atoms with Crippen LogP contribution in [0.5, 0.6) is 0 Å². The number of carbonyl (C=O) groups is 1. The molecule has 28 heavy (non-hydrogen) atoms. The first-order chi connectivity index (χ1) is 13.6. The number of pyridine rings is 1. The summed E-state index contributed by atoms with van der Waals surface area (Å²) in [6.07, 6.45) is 1.90. The maximum absolute atomic E-state index is 13.2. The number of hydrogen-bond donors (Lipinski definition) is 1. The van der Waals surface area contributed by atoms with Gasteiger partial charge in [0.2, 0.25) is 5.91 Å². The van der Waals surface area contributed by atoms with Gasteiger partial charge in [-0.2, -0.15) is 0 Å². The fraction of sp³-hybridized carbons (Fsp3) is 0.136. The molecule has 1 amide bonds. The number of anilines is 1. The van der Waals surface area contributed by atoms with Crippen LogP contribution in [0.25, 0.3) is 5.65 Å². The lowest BCUT2D eigenvalue weighted by atomic mass is 10.1. The van der Waals surface area contributed by atoms with Gasteiger partial charge in [-0.05, 0) is 54.8 Å². The molecule has 1 atom stereocenters. The zero-order valence-corrected chi connectivity index (χ0v) is 16.5. The molecule has 0 saturated carbocycles. The molecule has 5 nitrogen and oxygen atoms in total. The number of fused-ring (bicyclic) bond motifs is 1. The summed E-state index contributed by atoms with van der Waals surface area (Å²) in [6, 6.07) is 21.5. The second kappa shape index (κ2) is 7.86. The van der Waals surface area contributed by atoms with E-state index >= 15 is 0 Å². The zero-order valence-electron chi connectivity index (χ0n) is 15.7. The average molecular weight is 388 g/mol. The van der Waals surface area contributed by atoms with Crippen molar-refractivity contribution >= 4 is 29.0 Å². The quantitative estimate of drug-likeness (QED) is 0.498. The standard InChI is InChI=1S/C22H20N4OS/c1-15-12-16(2)14-18(13-15)23-21(27)20(17-8-4-3-5-9-17)28-22-25-24-19-10-6-7-11-26(19)22/h3-14,20H,1-2H3,(H,23,27)/t20-/m0/s1. The predicted molar refractivity (Wildman–Crippen MR) is 113 cm³/mol. The van der Waals surface area contributed by atoms with Crippen molar-refractivity contribution in [2.75, 3.05) is 5.32 Å². The summed E-state index contributed by atoms with van der Waals surface area (Å²) in [4.78, 5) is 13.2. The molecule has 0 aliphatic carbocycles. The Bertz CT molecular complexity index is 1100. The minimum Gasteiger partial charge on any atom is -0.325 e. The van der Waals surface area contributed by atoms with Gasteiger partial charge in [0.1, 0.15) is 5.25 Å². The Morgan fingerprint density at radius 1 is 0.964 bits per heavy atom. The van der Waals surface area contributed by atoms with Crippen LogP contribution in [0, 0.1) is 13.8 Å². The molecule has 2 aromatic carbocycles. The number of thioether (sulfide) groups is 1. The summed E-state index contributed by atoms with van der Waals surface area (Å²) in [5, 5.41) is 11.8. The van der Waals surface area contributed by atoms with Gasteiger partial charge >= 0.3 is 0 Å². The minimum absolute atomic E-state index is 0.0890. The van der Waals surface area contributed by atoms with Crippen molar-refractivity contribution in [3.8, 4) is 0 Å². The number of rotatable bonds is 5. The van der Waals surface area contributed by atoms with Gasteiger partial charge in [0.15, 0.2) is 10.8 Å². The highest BCUT2D eigenvalue weighted by molar-refractivity contribution is 8.00. The number of hydrogen-bond acceptors (Lipinski definition) is 4. The smallest absolute Gasteiger partial charge is 0.242 e. The summed E-state index contributed by atoms with van der Waals surface area (Å²) >= 11 is 1.39. The molecule has 4 rings (SSSR count). The Morgan fingerprint density at radius 3 is 2.43 bits per heavy atom. The minimum atomic E-state index is -0.449. The Balaban J connectivity index is 1.66. The molecule has 0 fully saturated rings. The van der Waals surface area contributed by atoms with Crippen molar-refractivity contribution in [3.63, 3.8) is 0 Å².